The van der Waals surface area contributed by atoms with E-state index in [9.17, 15) is 14.9 Å². The van der Waals surface area contributed by atoms with Crippen molar-refractivity contribution >= 4 is 11.6 Å². The maximum Gasteiger partial charge on any atom is 0.327 e. The number of nitro benzene ring substituents is 1. The summed E-state index contributed by atoms with van der Waals surface area (Å²) in [5.74, 6) is 0.336. The first-order valence-electron chi connectivity index (χ1n) is 8.96. The maximum atomic E-state index is 12.8. The van der Waals surface area contributed by atoms with Crippen molar-refractivity contribution in [3.63, 3.8) is 0 Å². The monoisotopic (exact) mass is 402 g/mol. The van der Waals surface area contributed by atoms with E-state index in [1.807, 2.05) is 24.3 Å². The second kappa shape index (κ2) is 8.68. The van der Waals surface area contributed by atoms with Crippen molar-refractivity contribution in [3.05, 3.63) is 51.6 Å². The number of nitro groups is 1. The van der Waals surface area contributed by atoms with E-state index in [2.05, 4.69) is 5.32 Å². The van der Waals surface area contributed by atoms with Crippen LogP contribution in [0.5, 0.6) is 23.0 Å². The van der Waals surface area contributed by atoms with Gasteiger partial charge in [-0.2, -0.15) is 0 Å². The van der Waals surface area contributed by atoms with Crippen LogP contribution in [0.1, 0.15) is 15.9 Å². The van der Waals surface area contributed by atoms with Gasteiger partial charge in [-0.05, 0) is 18.1 Å². The summed E-state index contributed by atoms with van der Waals surface area (Å²) in [6.07, 6.45) is 0.744. The number of carbonyl (C=O) groups excluding carboxylic acids is 1. The van der Waals surface area contributed by atoms with Gasteiger partial charge in [0.2, 0.25) is 11.5 Å². The molecule has 0 bridgehead atoms. The lowest BCUT2D eigenvalue weighted by molar-refractivity contribution is -0.386. The van der Waals surface area contributed by atoms with Gasteiger partial charge in [-0.25, -0.2) is 0 Å². The Bertz CT molecular complexity index is 929. The van der Waals surface area contributed by atoms with Gasteiger partial charge in [-0.15, -0.1) is 0 Å². The summed E-state index contributed by atoms with van der Waals surface area (Å²) in [5, 5.41) is 14.4. The zero-order valence-corrected chi connectivity index (χ0v) is 16.4. The standard InChI is InChI=1S/C20H22N2O7/c1-26-16-9-14(17(22(24)25)19(28-3)18(16)27-2)20(23)21-10-12-8-13-6-4-5-7-15(13)29-11-12/h4-7,9,12H,8,10-11H2,1-3H3,(H,21,23). The molecule has 0 aromatic heterocycles. The number of carbonyl (C=O) groups is 1. The summed E-state index contributed by atoms with van der Waals surface area (Å²) >= 11 is 0. The second-order valence-electron chi connectivity index (χ2n) is 6.50. The van der Waals surface area contributed by atoms with E-state index < -0.39 is 16.5 Å². The summed E-state index contributed by atoms with van der Waals surface area (Å²) < 4.78 is 21.3. The summed E-state index contributed by atoms with van der Waals surface area (Å²) in [5.41, 5.74) is 0.422. The second-order valence-corrected chi connectivity index (χ2v) is 6.50. The lowest BCUT2D eigenvalue weighted by Gasteiger charge is -2.25. The average molecular weight is 402 g/mol. The van der Waals surface area contributed by atoms with Gasteiger partial charge in [-0.3, -0.25) is 14.9 Å². The first-order valence-corrected chi connectivity index (χ1v) is 8.96. The third kappa shape index (κ3) is 4.03. The number of fused-ring (bicyclic) bond motifs is 1. The minimum atomic E-state index is -0.671. The third-order valence-electron chi connectivity index (χ3n) is 4.74. The fourth-order valence-electron chi connectivity index (χ4n) is 3.35. The van der Waals surface area contributed by atoms with E-state index in [1.165, 1.54) is 27.4 Å². The Labute approximate surface area is 167 Å². The van der Waals surface area contributed by atoms with Gasteiger partial charge in [-0.1, -0.05) is 18.2 Å². The zero-order valence-electron chi connectivity index (χ0n) is 16.4. The van der Waals surface area contributed by atoms with E-state index in [-0.39, 0.29) is 28.7 Å². The van der Waals surface area contributed by atoms with E-state index in [1.54, 1.807) is 0 Å². The molecule has 2 aromatic carbocycles. The van der Waals surface area contributed by atoms with Crippen LogP contribution in [-0.4, -0.2) is 45.3 Å². The predicted molar refractivity (Wildman–Crippen MR) is 104 cm³/mol. The Morgan fingerprint density at radius 2 is 1.93 bits per heavy atom. The van der Waals surface area contributed by atoms with Gasteiger partial charge in [0.1, 0.15) is 11.3 Å². The quantitative estimate of drug-likeness (QED) is 0.560. The molecular weight excluding hydrogens is 380 g/mol. The molecule has 1 unspecified atom stereocenters. The molecule has 1 N–H and O–H groups in total. The summed E-state index contributed by atoms with van der Waals surface area (Å²) in [7, 11) is 3.98. The van der Waals surface area contributed by atoms with Gasteiger partial charge >= 0.3 is 5.69 Å². The Balaban J connectivity index is 1.82. The number of amides is 1. The molecule has 0 fully saturated rings. The third-order valence-corrected chi connectivity index (χ3v) is 4.74. The van der Waals surface area contributed by atoms with Crippen LogP contribution in [0.3, 0.4) is 0 Å². The lowest BCUT2D eigenvalue weighted by Crippen LogP contribution is -2.35. The number of ether oxygens (including phenoxy) is 4. The number of benzene rings is 2. The Morgan fingerprint density at radius 1 is 1.21 bits per heavy atom. The normalized spacial score (nSPS) is 14.9. The summed E-state index contributed by atoms with van der Waals surface area (Å²) in [6.45, 7) is 0.760. The van der Waals surface area contributed by atoms with Crippen molar-refractivity contribution in [1.82, 2.24) is 5.32 Å². The van der Waals surface area contributed by atoms with Gasteiger partial charge in [0, 0.05) is 18.5 Å². The molecule has 154 valence electrons. The molecule has 0 spiro atoms. The summed E-state index contributed by atoms with van der Waals surface area (Å²) in [4.78, 5) is 23.8. The topological polar surface area (TPSA) is 109 Å². The van der Waals surface area contributed by atoms with E-state index in [4.69, 9.17) is 18.9 Å². The van der Waals surface area contributed by atoms with Crippen molar-refractivity contribution in [1.29, 1.82) is 0 Å². The first kappa shape index (κ1) is 20.2. The number of hydrogen-bond donors (Lipinski definition) is 1. The molecule has 1 aliphatic heterocycles. The molecule has 2 aromatic rings. The SMILES string of the molecule is COc1cc(C(=O)NCC2COc3ccccc3C2)c([N+](=O)[O-])c(OC)c1OC. The number of nitrogens with zero attached hydrogens (tertiary/aromatic N) is 1. The zero-order chi connectivity index (χ0) is 21.0. The number of methoxy groups -OCH3 is 3. The Hall–Kier alpha value is -3.49. The van der Waals surface area contributed by atoms with Gasteiger partial charge in [0.15, 0.2) is 5.75 Å². The molecule has 1 aliphatic rings. The molecule has 0 saturated heterocycles. The molecule has 0 saturated carbocycles. The van der Waals surface area contributed by atoms with Crippen LogP contribution < -0.4 is 24.3 Å². The van der Waals surface area contributed by atoms with E-state index in [0.29, 0.717) is 13.2 Å². The number of hydrogen-bond acceptors (Lipinski definition) is 7. The molecule has 1 amide bonds. The van der Waals surface area contributed by atoms with Crippen molar-refractivity contribution in [2.24, 2.45) is 5.92 Å². The largest absolute Gasteiger partial charge is 0.493 e. The summed E-state index contributed by atoms with van der Waals surface area (Å²) in [6, 6.07) is 9.01. The van der Waals surface area contributed by atoms with Crippen LogP contribution in [-0.2, 0) is 6.42 Å². The molecular formula is C20H22N2O7. The number of nitrogens with one attached hydrogen (secondary N) is 1. The van der Waals surface area contributed by atoms with Gasteiger partial charge in [0.05, 0.1) is 32.9 Å². The maximum absolute atomic E-state index is 12.8. The highest BCUT2D eigenvalue weighted by molar-refractivity contribution is 6.00. The predicted octanol–water partition coefficient (Wildman–Crippen LogP) is 2.60. The minimum absolute atomic E-state index is 0.0509. The molecule has 9 heteroatoms. The molecule has 0 radical (unpaired) electrons. The van der Waals surface area contributed by atoms with Gasteiger partial charge in [0.25, 0.3) is 5.91 Å². The molecule has 1 heterocycles. The van der Waals surface area contributed by atoms with Crippen molar-refractivity contribution in [2.45, 2.75) is 6.42 Å². The van der Waals surface area contributed by atoms with Crippen LogP contribution >= 0.6 is 0 Å². The molecule has 29 heavy (non-hydrogen) atoms. The van der Waals surface area contributed by atoms with Crippen LogP contribution in [0.2, 0.25) is 0 Å². The molecule has 1 atom stereocenters. The Morgan fingerprint density at radius 3 is 2.59 bits per heavy atom. The highest BCUT2D eigenvalue weighted by atomic mass is 16.6. The van der Waals surface area contributed by atoms with E-state index in [0.717, 1.165) is 17.7 Å². The highest BCUT2D eigenvalue weighted by Gasteiger charge is 2.32. The van der Waals surface area contributed by atoms with Crippen molar-refractivity contribution in [2.75, 3.05) is 34.5 Å². The van der Waals surface area contributed by atoms with Crippen LogP contribution in [0, 0.1) is 16.0 Å². The average Bonchev–Trinajstić information content (AvgIpc) is 2.75. The van der Waals surface area contributed by atoms with Crippen LogP contribution in [0.25, 0.3) is 0 Å². The fraction of sp³-hybridized carbons (Fsp3) is 0.350. The van der Waals surface area contributed by atoms with Gasteiger partial charge < -0.3 is 24.3 Å². The van der Waals surface area contributed by atoms with E-state index >= 15 is 0 Å². The molecule has 0 aliphatic carbocycles. The molecule has 9 nitrogen and oxygen atoms in total. The lowest BCUT2D eigenvalue weighted by atomic mass is 9.96. The fourth-order valence-corrected chi connectivity index (χ4v) is 3.35. The highest BCUT2D eigenvalue weighted by Crippen LogP contribution is 2.46. The van der Waals surface area contributed by atoms with Crippen LogP contribution in [0.15, 0.2) is 30.3 Å². The van der Waals surface area contributed by atoms with Crippen LogP contribution in [0.4, 0.5) is 5.69 Å². The van der Waals surface area contributed by atoms with Crippen molar-refractivity contribution < 1.29 is 28.7 Å². The first-order chi connectivity index (χ1) is 14.0. The minimum Gasteiger partial charge on any atom is -0.493 e. The molecule has 3 rings (SSSR count). The smallest absolute Gasteiger partial charge is 0.327 e. The number of rotatable bonds is 7. The Kier molecular flexibility index (Phi) is 6.06. The van der Waals surface area contributed by atoms with Crippen molar-refractivity contribution in [3.8, 4) is 23.0 Å². The number of para-hydroxylation sites is 1.